The number of carbonyl (C=O) groups is 3. The summed E-state index contributed by atoms with van der Waals surface area (Å²) in [5.74, 6) is 0.851. The molecule has 0 saturated carbocycles. The van der Waals surface area contributed by atoms with Crippen molar-refractivity contribution in [3.05, 3.63) is 88.9 Å². The summed E-state index contributed by atoms with van der Waals surface area (Å²) in [6.07, 6.45) is 0.901. The third-order valence-corrected chi connectivity index (χ3v) is 8.15. The Hall–Kier alpha value is -4.24. The fourth-order valence-electron chi connectivity index (χ4n) is 5.69. The molecule has 0 radical (unpaired) electrons. The summed E-state index contributed by atoms with van der Waals surface area (Å²) in [6.45, 7) is 1.54. The molecule has 40 heavy (non-hydrogen) atoms. The van der Waals surface area contributed by atoms with Crippen LogP contribution in [-0.2, 0) is 16.1 Å². The van der Waals surface area contributed by atoms with Crippen LogP contribution in [0.5, 0.6) is 11.5 Å². The highest BCUT2D eigenvalue weighted by atomic mass is 35.5. The molecule has 10 heteroatoms. The van der Waals surface area contributed by atoms with Gasteiger partial charge >= 0.3 is 0 Å². The Bertz CT molecular complexity index is 1440. The maximum absolute atomic E-state index is 14.0. The van der Waals surface area contributed by atoms with E-state index in [-0.39, 0.29) is 31.1 Å². The van der Waals surface area contributed by atoms with Gasteiger partial charge in [-0.1, -0.05) is 48.0 Å². The molecule has 6 rings (SSSR count). The Morgan fingerprint density at radius 2 is 1.65 bits per heavy atom. The van der Waals surface area contributed by atoms with Gasteiger partial charge in [-0.3, -0.25) is 14.4 Å². The number of para-hydroxylation sites is 1. The molecular formula is C30H29ClN4O5. The van der Waals surface area contributed by atoms with E-state index < -0.39 is 5.54 Å². The van der Waals surface area contributed by atoms with Crippen molar-refractivity contribution in [1.82, 2.24) is 15.1 Å². The molecule has 2 saturated heterocycles. The van der Waals surface area contributed by atoms with E-state index in [4.69, 9.17) is 21.1 Å². The predicted octanol–water partition coefficient (Wildman–Crippen LogP) is 3.67. The molecule has 206 valence electrons. The first-order valence-corrected chi connectivity index (χ1v) is 13.6. The van der Waals surface area contributed by atoms with Crippen molar-refractivity contribution in [2.45, 2.75) is 24.9 Å². The highest BCUT2D eigenvalue weighted by Crippen LogP contribution is 2.40. The molecule has 0 unspecified atom stereocenters. The largest absolute Gasteiger partial charge is 0.454 e. The number of anilines is 1. The predicted molar refractivity (Wildman–Crippen MR) is 149 cm³/mol. The minimum absolute atomic E-state index is 0.0588. The van der Waals surface area contributed by atoms with Crippen LogP contribution in [-0.4, -0.2) is 66.2 Å². The molecular weight excluding hydrogens is 532 g/mol. The normalized spacial score (nSPS) is 17.4. The number of amides is 3. The van der Waals surface area contributed by atoms with Gasteiger partial charge in [-0.2, -0.15) is 0 Å². The zero-order valence-corrected chi connectivity index (χ0v) is 22.6. The van der Waals surface area contributed by atoms with Gasteiger partial charge < -0.3 is 29.5 Å². The molecule has 0 aromatic heterocycles. The van der Waals surface area contributed by atoms with E-state index in [9.17, 15) is 14.4 Å². The van der Waals surface area contributed by atoms with E-state index in [2.05, 4.69) is 10.2 Å². The van der Waals surface area contributed by atoms with Crippen molar-refractivity contribution in [2.24, 2.45) is 0 Å². The minimum Gasteiger partial charge on any atom is -0.454 e. The Balaban J connectivity index is 1.15. The molecule has 0 bridgehead atoms. The van der Waals surface area contributed by atoms with Crippen LogP contribution in [0.25, 0.3) is 0 Å². The molecule has 1 spiro atoms. The molecule has 3 aliphatic rings. The molecule has 2 fully saturated rings. The van der Waals surface area contributed by atoms with Gasteiger partial charge in [0, 0.05) is 25.3 Å². The highest BCUT2D eigenvalue weighted by molar-refractivity contribution is 6.33. The van der Waals surface area contributed by atoms with Crippen LogP contribution in [0.15, 0.2) is 72.8 Å². The maximum atomic E-state index is 14.0. The van der Waals surface area contributed by atoms with E-state index in [1.807, 2.05) is 48.5 Å². The lowest BCUT2D eigenvalue weighted by Gasteiger charge is -2.43. The number of nitrogens with one attached hydrogen (secondary N) is 1. The van der Waals surface area contributed by atoms with Crippen LogP contribution in [0.3, 0.4) is 0 Å². The summed E-state index contributed by atoms with van der Waals surface area (Å²) in [4.78, 5) is 45.5. The molecule has 3 heterocycles. The molecule has 0 aliphatic carbocycles. The Morgan fingerprint density at radius 3 is 2.42 bits per heavy atom. The summed E-state index contributed by atoms with van der Waals surface area (Å²) in [7, 11) is 0. The second-order valence-electron chi connectivity index (χ2n) is 10.2. The highest BCUT2D eigenvalue weighted by Gasteiger charge is 2.54. The summed E-state index contributed by atoms with van der Waals surface area (Å²) < 4.78 is 10.8. The second kappa shape index (κ2) is 10.7. The number of hydrogen-bond acceptors (Lipinski definition) is 6. The first-order valence-electron chi connectivity index (χ1n) is 13.3. The lowest BCUT2D eigenvalue weighted by atomic mass is 9.85. The van der Waals surface area contributed by atoms with E-state index >= 15 is 0 Å². The summed E-state index contributed by atoms with van der Waals surface area (Å²) >= 11 is 6.28. The number of ether oxygens (including phenoxy) is 2. The zero-order valence-electron chi connectivity index (χ0n) is 21.8. The average Bonchev–Trinajstić information content (AvgIpc) is 3.55. The van der Waals surface area contributed by atoms with Gasteiger partial charge in [0.15, 0.2) is 11.5 Å². The van der Waals surface area contributed by atoms with Crippen molar-refractivity contribution >= 4 is 35.0 Å². The van der Waals surface area contributed by atoms with Gasteiger partial charge in [0.05, 0.1) is 17.3 Å². The van der Waals surface area contributed by atoms with Crippen LogP contribution in [0.2, 0.25) is 5.02 Å². The van der Waals surface area contributed by atoms with Crippen LogP contribution >= 0.6 is 11.6 Å². The van der Waals surface area contributed by atoms with Gasteiger partial charge in [0.25, 0.3) is 11.8 Å². The first-order chi connectivity index (χ1) is 19.4. The standard InChI is InChI=1S/C30H29ClN4O5/c31-24-9-5-4-8-23(24)28(37)33-14-12-30(13-15-33)29(38)34(19-35(30)22-6-2-1-3-7-22)18-27(36)32-17-21-10-11-25-26(16-21)40-20-39-25/h1-11,16H,12-15,17-20H2,(H,32,36). The molecule has 1 N–H and O–H groups in total. The maximum Gasteiger partial charge on any atom is 0.255 e. The number of rotatable bonds is 6. The first kappa shape index (κ1) is 26.0. The lowest BCUT2D eigenvalue weighted by molar-refractivity contribution is -0.137. The van der Waals surface area contributed by atoms with Crippen LogP contribution in [0.4, 0.5) is 5.69 Å². The Morgan fingerprint density at radius 1 is 0.925 bits per heavy atom. The third-order valence-electron chi connectivity index (χ3n) is 7.83. The third kappa shape index (κ3) is 4.81. The Kier molecular flexibility index (Phi) is 6.98. The number of benzene rings is 3. The topological polar surface area (TPSA) is 91.4 Å². The van der Waals surface area contributed by atoms with Gasteiger partial charge in [-0.25, -0.2) is 0 Å². The Labute approximate surface area is 237 Å². The molecule has 3 aromatic carbocycles. The smallest absolute Gasteiger partial charge is 0.255 e. The number of fused-ring (bicyclic) bond motifs is 1. The number of halogens is 1. The second-order valence-corrected chi connectivity index (χ2v) is 10.6. The van der Waals surface area contributed by atoms with Crippen LogP contribution in [0.1, 0.15) is 28.8 Å². The molecule has 9 nitrogen and oxygen atoms in total. The van der Waals surface area contributed by atoms with E-state index in [0.29, 0.717) is 61.2 Å². The summed E-state index contributed by atoms with van der Waals surface area (Å²) in [5, 5.41) is 3.33. The van der Waals surface area contributed by atoms with Crippen molar-refractivity contribution in [1.29, 1.82) is 0 Å². The number of hydrogen-bond donors (Lipinski definition) is 1. The van der Waals surface area contributed by atoms with Crippen molar-refractivity contribution < 1.29 is 23.9 Å². The van der Waals surface area contributed by atoms with Gasteiger partial charge in [-0.15, -0.1) is 0 Å². The van der Waals surface area contributed by atoms with Crippen LogP contribution in [0, 0.1) is 0 Å². The number of piperidine rings is 1. The summed E-state index contributed by atoms with van der Waals surface area (Å²) in [5.41, 5.74) is 1.41. The number of nitrogens with zero attached hydrogens (tertiary/aromatic N) is 3. The van der Waals surface area contributed by atoms with E-state index in [1.165, 1.54) is 0 Å². The van der Waals surface area contributed by atoms with Crippen molar-refractivity contribution in [3.8, 4) is 11.5 Å². The quantitative estimate of drug-likeness (QED) is 0.495. The zero-order chi connectivity index (χ0) is 27.7. The average molecular weight is 561 g/mol. The SMILES string of the molecule is O=C(CN1CN(c2ccccc2)C2(CCN(C(=O)c3ccccc3Cl)CC2)C1=O)NCc1ccc2c(c1)OCO2. The van der Waals surface area contributed by atoms with Gasteiger partial charge in [-0.05, 0) is 54.8 Å². The number of carbonyl (C=O) groups excluding carboxylic acids is 3. The van der Waals surface area contributed by atoms with Crippen molar-refractivity contribution in [2.75, 3.05) is 38.0 Å². The van der Waals surface area contributed by atoms with Crippen LogP contribution < -0.4 is 19.7 Å². The molecule has 0 atom stereocenters. The van der Waals surface area contributed by atoms with Gasteiger partial charge in [0.2, 0.25) is 12.7 Å². The van der Waals surface area contributed by atoms with E-state index in [0.717, 1.165) is 11.3 Å². The molecule has 3 aliphatic heterocycles. The van der Waals surface area contributed by atoms with E-state index in [1.54, 1.807) is 34.1 Å². The minimum atomic E-state index is -0.837. The fourth-order valence-corrected chi connectivity index (χ4v) is 5.90. The molecule has 3 aromatic rings. The molecule has 3 amide bonds. The van der Waals surface area contributed by atoms with Crippen molar-refractivity contribution in [3.63, 3.8) is 0 Å². The monoisotopic (exact) mass is 560 g/mol. The fraction of sp³-hybridized carbons (Fsp3) is 0.300. The lowest BCUT2D eigenvalue weighted by Crippen LogP contribution is -2.57. The summed E-state index contributed by atoms with van der Waals surface area (Å²) in [6, 6.07) is 22.3. The number of likely N-dealkylation sites (tertiary alicyclic amines) is 1. The van der Waals surface area contributed by atoms with Gasteiger partial charge in [0.1, 0.15) is 12.1 Å².